The molecule has 0 aliphatic carbocycles. The Morgan fingerprint density at radius 2 is 2.29 bits per heavy atom. The molecular formula is C10H12ClNO3S2. The first kappa shape index (κ1) is 12.9. The highest BCUT2D eigenvalue weighted by atomic mass is 35.5. The highest BCUT2D eigenvalue weighted by molar-refractivity contribution is 7.91. The van der Waals surface area contributed by atoms with Crippen LogP contribution in [0.3, 0.4) is 0 Å². The van der Waals surface area contributed by atoms with Crippen molar-refractivity contribution >= 4 is 39.0 Å². The van der Waals surface area contributed by atoms with Crippen molar-refractivity contribution in [1.82, 2.24) is 4.31 Å². The summed E-state index contributed by atoms with van der Waals surface area (Å²) in [5.74, 6) is 0. The molecule has 2 rings (SSSR count). The smallest absolute Gasteiger partial charge is 0.273 e. The number of sulfonamides is 1. The molecule has 0 N–H and O–H groups in total. The zero-order valence-corrected chi connectivity index (χ0v) is 11.6. The maximum atomic E-state index is 12.2. The molecule has 0 saturated heterocycles. The third kappa shape index (κ3) is 2.49. The lowest BCUT2D eigenvalue weighted by Crippen LogP contribution is -2.29. The SMILES string of the molecule is COCCCN1C=Cc2cc(Cl)sc2S1(=O)=O. The van der Waals surface area contributed by atoms with E-state index in [2.05, 4.69) is 0 Å². The number of fused-ring (bicyclic) bond motifs is 1. The molecule has 1 aliphatic heterocycles. The van der Waals surface area contributed by atoms with E-state index in [9.17, 15) is 8.42 Å². The van der Waals surface area contributed by atoms with Crippen LogP contribution in [0.1, 0.15) is 12.0 Å². The Hall–Kier alpha value is -0.560. The van der Waals surface area contributed by atoms with Gasteiger partial charge >= 0.3 is 0 Å². The van der Waals surface area contributed by atoms with Crippen LogP contribution in [-0.4, -0.2) is 33.0 Å². The van der Waals surface area contributed by atoms with Gasteiger partial charge in [-0.2, -0.15) is 0 Å². The van der Waals surface area contributed by atoms with Gasteiger partial charge in [0.1, 0.15) is 4.21 Å². The van der Waals surface area contributed by atoms with E-state index in [1.807, 2.05) is 0 Å². The number of nitrogens with zero attached hydrogens (tertiary/aromatic N) is 1. The molecule has 17 heavy (non-hydrogen) atoms. The van der Waals surface area contributed by atoms with Crippen LogP contribution in [0, 0.1) is 0 Å². The fourth-order valence-corrected chi connectivity index (χ4v) is 4.89. The van der Waals surface area contributed by atoms with E-state index in [1.165, 1.54) is 4.31 Å². The van der Waals surface area contributed by atoms with Crippen LogP contribution in [0.25, 0.3) is 6.08 Å². The minimum absolute atomic E-state index is 0.322. The van der Waals surface area contributed by atoms with Crippen molar-refractivity contribution in [1.29, 1.82) is 0 Å². The van der Waals surface area contributed by atoms with Crippen molar-refractivity contribution in [2.45, 2.75) is 10.6 Å². The number of ether oxygens (including phenoxy) is 1. The van der Waals surface area contributed by atoms with Gasteiger partial charge in [0.2, 0.25) is 0 Å². The van der Waals surface area contributed by atoms with E-state index in [4.69, 9.17) is 16.3 Å². The molecule has 4 nitrogen and oxygen atoms in total. The topological polar surface area (TPSA) is 46.6 Å². The fourth-order valence-electron chi connectivity index (χ4n) is 1.59. The molecule has 0 atom stereocenters. The molecule has 1 aromatic heterocycles. The molecule has 7 heteroatoms. The summed E-state index contributed by atoms with van der Waals surface area (Å²) in [4.78, 5) is 0. The van der Waals surface area contributed by atoms with Gasteiger partial charge in [-0.1, -0.05) is 11.6 Å². The van der Waals surface area contributed by atoms with Gasteiger partial charge < -0.3 is 4.74 Å². The predicted molar refractivity (Wildman–Crippen MR) is 68.7 cm³/mol. The Labute approximate surface area is 110 Å². The maximum Gasteiger partial charge on any atom is 0.273 e. The Kier molecular flexibility index (Phi) is 3.77. The van der Waals surface area contributed by atoms with Crippen molar-refractivity contribution in [2.75, 3.05) is 20.3 Å². The first-order valence-corrected chi connectivity index (χ1v) is 7.67. The van der Waals surface area contributed by atoms with Crippen molar-refractivity contribution in [3.8, 4) is 0 Å². The van der Waals surface area contributed by atoms with Gasteiger partial charge in [0.25, 0.3) is 10.0 Å². The summed E-state index contributed by atoms with van der Waals surface area (Å²) < 4.78 is 31.4. The number of methoxy groups -OCH3 is 1. The standard InChI is InChI=1S/C10H12ClNO3S2/c1-15-6-2-4-12-5-3-8-7-9(11)16-10(8)17(12,13)14/h3,5,7H,2,4,6H2,1H3. The van der Waals surface area contributed by atoms with Crippen molar-refractivity contribution in [3.05, 3.63) is 22.2 Å². The molecule has 0 aromatic carbocycles. The van der Waals surface area contributed by atoms with Crippen LogP contribution in [0.15, 0.2) is 16.5 Å². The van der Waals surface area contributed by atoms with Crippen LogP contribution in [-0.2, 0) is 14.8 Å². The van der Waals surface area contributed by atoms with Crippen molar-refractivity contribution < 1.29 is 13.2 Å². The average molecular weight is 294 g/mol. The molecule has 0 bridgehead atoms. The molecule has 2 heterocycles. The zero-order valence-electron chi connectivity index (χ0n) is 9.22. The third-order valence-electron chi connectivity index (χ3n) is 2.39. The highest BCUT2D eigenvalue weighted by Crippen LogP contribution is 2.36. The van der Waals surface area contributed by atoms with Crippen molar-refractivity contribution in [3.63, 3.8) is 0 Å². The van der Waals surface area contributed by atoms with Gasteiger partial charge in [-0.15, -0.1) is 11.3 Å². The van der Waals surface area contributed by atoms with E-state index < -0.39 is 10.0 Å². The van der Waals surface area contributed by atoms with Crippen LogP contribution in [0.4, 0.5) is 0 Å². The number of halogens is 1. The van der Waals surface area contributed by atoms with E-state index in [0.29, 0.717) is 33.7 Å². The fraction of sp³-hybridized carbons (Fsp3) is 0.400. The van der Waals surface area contributed by atoms with E-state index >= 15 is 0 Å². The second-order valence-electron chi connectivity index (χ2n) is 3.57. The monoisotopic (exact) mass is 293 g/mol. The van der Waals surface area contributed by atoms with Gasteiger partial charge in [-0.05, 0) is 18.6 Å². The summed E-state index contributed by atoms with van der Waals surface area (Å²) in [6, 6.07) is 1.67. The number of hydrogen-bond acceptors (Lipinski definition) is 4. The summed E-state index contributed by atoms with van der Waals surface area (Å²) >= 11 is 6.93. The lowest BCUT2D eigenvalue weighted by Gasteiger charge is -2.22. The van der Waals surface area contributed by atoms with E-state index in [1.54, 1.807) is 25.5 Å². The quantitative estimate of drug-likeness (QED) is 0.801. The zero-order chi connectivity index (χ0) is 12.5. The van der Waals surface area contributed by atoms with Crippen LogP contribution in [0.2, 0.25) is 4.34 Å². The number of thiophene rings is 1. The minimum atomic E-state index is -3.42. The van der Waals surface area contributed by atoms with Crippen molar-refractivity contribution in [2.24, 2.45) is 0 Å². The molecule has 1 aliphatic rings. The van der Waals surface area contributed by atoms with Gasteiger partial charge in [0.05, 0.1) is 4.34 Å². The van der Waals surface area contributed by atoms with Gasteiger partial charge in [0.15, 0.2) is 0 Å². The van der Waals surface area contributed by atoms with Gasteiger partial charge in [0, 0.05) is 32.0 Å². The Morgan fingerprint density at radius 3 is 3.00 bits per heavy atom. The largest absolute Gasteiger partial charge is 0.385 e. The van der Waals surface area contributed by atoms with Gasteiger partial charge in [-0.3, -0.25) is 4.31 Å². The lowest BCUT2D eigenvalue weighted by molar-refractivity contribution is 0.191. The molecule has 0 saturated carbocycles. The second kappa shape index (κ2) is 4.97. The molecule has 0 spiro atoms. The molecule has 1 aromatic rings. The molecule has 94 valence electrons. The summed E-state index contributed by atoms with van der Waals surface area (Å²) in [5.41, 5.74) is 0.669. The van der Waals surface area contributed by atoms with Gasteiger partial charge in [-0.25, -0.2) is 8.42 Å². The molecule has 0 fully saturated rings. The summed E-state index contributed by atoms with van der Waals surface area (Å²) in [5, 5.41) is 0. The summed E-state index contributed by atoms with van der Waals surface area (Å²) in [6.45, 7) is 0.958. The second-order valence-corrected chi connectivity index (χ2v) is 7.34. The highest BCUT2D eigenvalue weighted by Gasteiger charge is 2.29. The summed E-state index contributed by atoms with van der Waals surface area (Å²) in [6.07, 6.45) is 4.01. The average Bonchev–Trinajstić information content (AvgIpc) is 2.64. The molecule has 0 unspecified atom stereocenters. The number of rotatable bonds is 4. The Balaban J connectivity index is 2.24. The third-order valence-corrected chi connectivity index (χ3v) is 5.97. The summed E-state index contributed by atoms with van der Waals surface area (Å²) in [7, 11) is -1.82. The van der Waals surface area contributed by atoms with Crippen LogP contribution < -0.4 is 0 Å². The lowest BCUT2D eigenvalue weighted by atomic mass is 10.3. The van der Waals surface area contributed by atoms with Crippen LogP contribution >= 0.6 is 22.9 Å². The maximum absolute atomic E-state index is 12.2. The predicted octanol–water partition coefficient (Wildman–Crippen LogP) is 2.41. The Morgan fingerprint density at radius 1 is 1.53 bits per heavy atom. The van der Waals surface area contributed by atoms with Crippen LogP contribution in [0.5, 0.6) is 0 Å². The Bertz CT molecular complexity index is 536. The first-order chi connectivity index (χ1) is 8.05. The van der Waals surface area contributed by atoms with E-state index in [-0.39, 0.29) is 0 Å². The first-order valence-electron chi connectivity index (χ1n) is 5.04. The minimum Gasteiger partial charge on any atom is -0.385 e. The van der Waals surface area contributed by atoms with E-state index in [0.717, 1.165) is 11.3 Å². The number of hydrogen-bond donors (Lipinski definition) is 0. The molecule has 0 amide bonds. The normalized spacial score (nSPS) is 17.2. The molecule has 0 radical (unpaired) electrons. The molecular weight excluding hydrogens is 282 g/mol.